The van der Waals surface area contributed by atoms with Crippen LogP contribution in [0.3, 0.4) is 0 Å². The fourth-order valence-electron chi connectivity index (χ4n) is 2.49. The van der Waals surface area contributed by atoms with Crippen molar-refractivity contribution in [2.24, 2.45) is 0 Å². The Kier molecular flexibility index (Phi) is 4.44. The van der Waals surface area contributed by atoms with Gasteiger partial charge in [0.05, 0.1) is 11.2 Å². The number of anilines is 1. The van der Waals surface area contributed by atoms with E-state index in [0.717, 1.165) is 47.1 Å². The maximum Gasteiger partial charge on any atom is 0.120 e. The van der Waals surface area contributed by atoms with Crippen molar-refractivity contribution < 1.29 is 4.79 Å². The highest BCUT2D eigenvalue weighted by molar-refractivity contribution is 5.93. The number of pyridine rings is 1. The summed E-state index contributed by atoms with van der Waals surface area (Å²) < 4.78 is 0. The quantitative estimate of drug-likeness (QED) is 0.544. The fourth-order valence-corrected chi connectivity index (χ4v) is 2.49. The molecule has 0 aliphatic rings. The summed E-state index contributed by atoms with van der Waals surface area (Å²) in [6, 6.07) is 20.4. The molecule has 2 aromatic carbocycles. The first-order chi connectivity index (χ1) is 10.9. The van der Waals surface area contributed by atoms with E-state index in [1.807, 2.05) is 36.4 Å². The molecule has 0 aliphatic heterocycles. The summed E-state index contributed by atoms with van der Waals surface area (Å²) in [6.45, 7) is 0.779. The van der Waals surface area contributed by atoms with Gasteiger partial charge in [0.2, 0.25) is 0 Å². The van der Waals surface area contributed by atoms with Crippen molar-refractivity contribution in [1.29, 1.82) is 0 Å². The van der Waals surface area contributed by atoms with Gasteiger partial charge >= 0.3 is 0 Å². The molecule has 0 unspecified atom stereocenters. The van der Waals surface area contributed by atoms with Crippen LogP contribution in [0.15, 0.2) is 60.7 Å². The first-order valence-corrected chi connectivity index (χ1v) is 7.51. The van der Waals surface area contributed by atoms with E-state index >= 15 is 0 Å². The minimum absolute atomic E-state index is 0.585. The van der Waals surface area contributed by atoms with Gasteiger partial charge in [0, 0.05) is 29.6 Å². The zero-order chi connectivity index (χ0) is 15.2. The van der Waals surface area contributed by atoms with Crippen LogP contribution in [0.2, 0.25) is 0 Å². The number of hydrogen-bond acceptors (Lipinski definition) is 3. The summed E-state index contributed by atoms with van der Waals surface area (Å²) in [4.78, 5) is 15.2. The number of aldehydes is 1. The van der Waals surface area contributed by atoms with Crippen LogP contribution in [0.25, 0.3) is 22.2 Å². The predicted octanol–water partition coefficient (Wildman–Crippen LogP) is 4.29. The molecule has 1 aromatic heterocycles. The maximum atomic E-state index is 10.4. The van der Waals surface area contributed by atoms with Crippen molar-refractivity contribution >= 4 is 22.9 Å². The second-order valence-corrected chi connectivity index (χ2v) is 5.17. The van der Waals surface area contributed by atoms with E-state index < -0.39 is 0 Å². The zero-order valence-corrected chi connectivity index (χ0v) is 12.3. The van der Waals surface area contributed by atoms with Crippen molar-refractivity contribution in [3.63, 3.8) is 0 Å². The maximum absolute atomic E-state index is 10.4. The van der Waals surface area contributed by atoms with Crippen molar-refractivity contribution in [1.82, 2.24) is 4.98 Å². The predicted molar refractivity (Wildman–Crippen MR) is 91.0 cm³/mol. The average Bonchev–Trinajstić information content (AvgIpc) is 2.59. The SMILES string of the molecule is O=CCCCNc1cc(-c2ccccc2)nc2ccccc12. The van der Waals surface area contributed by atoms with Gasteiger partial charge in [-0.25, -0.2) is 4.98 Å². The summed E-state index contributed by atoms with van der Waals surface area (Å²) >= 11 is 0. The Bertz CT molecular complexity index is 769. The fraction of sp³-hybridized carbons (Fsp3) is 0.158. The molecule has 0 spiro atoms. The largest absolute Gasteiger partial charge is 0.384 e. The minimum atomic E-state index is 0.585. The van der Waals surface area contributed by atoms with Gasteiger partial charge < -0.3 is 10.1 Å². The molecule has 0 radical (unpaired) electrons. The lowest BCUT2D eigenvalue weighted by atomic mass is 10.1. The third kappa shape index (κ3) is 3.14. The summed E-state index contributed by atoms with van der Waals surface area (Å²) in [7, 11) is 0. The molecule has 0 bridgehead atoms. The average molecular weight is 290 g/mol. The molecular formula is C19H18N2O. The lowest BCUT2D eigenvalue weighted by molar-refractivity contribution is -0.107. The Labute approximate surface area is 130 Å². The number of nitrogens with one attached hydrogen (secondary N) is 1. The van der Waals surface area contributed by atoms with Crippen molar-refractivity contribution in [3.05, 3.63) is 60.7 Å². The van der Waals surface area contributed by atoms with Crippen molar-refractivity contribution in [3.8, 4) is 11.3 Å². The molecule has 1 N–H and O–H groups in total. The molecule has 3 aromatic rings. The third-order valence-corrected chi connectivity index (χ3v) is 3.60. The molecule has 1 heterocycles. The van der Waals surface area contributed by atoms with Crippen LogP contribution in [0.5, 0.6) is 0 Å². The smallest absolute Gasteiger partial charge is 0.120 e. The number of carbonyl (C=O) groups excluding carboxylic acids is 1. The van der Waals surface area contributed by atoms with Crippen molar-refractivity contribution in [2.45, 2.75) is 12.8 Å². The zero-order valence-electron chi connectivity index (χ0n) is 12.3. The molecule has 22 heavy (non-hydrogen) atoms. The summed E-state index contributed by atoms with van der Waals surface area (Å²) in [5.41, 5.74) is 4.10. The summed E-state index contributed by atoms with van der Waals surface area (Å²) in [5, 5.41) is 4.54. The monoisotopic (exact) mass is 290 g/mol. The Hall–Kier alpha value is -2.68. The number of rotatable bonds is 6. The number of para-hydroxylation sites is 1. The molecular weight excluding hydrogens is 272 g/mol. The number of unbranched alkanes of at least 4 members (excludes halogenated alkanes) is 1. The van der Waals surface area contributed by atoms with E-state index in [-0.39, 0.29) is 0 Å². The van der Waals surface area contributed by atoms with Gasteiger partial charge in [0.15, 0.2) is 0 Å². The first-order valence-electron chi connectivity index (χ1n) is 7.51. The van der Waals surface area contributed by atoms with E-state index in [1.165, 1.54) is 0 Å². The second-order valence-electron chi connectivity index (χ2n) is 5.17. The molecule has 0 saturated heterocycles. The van der Waals surface area contributed by atoms with Crippen LogP contribution in [-0.4, -0.2) is 17.8 Å². The molecule has 110 valence electrons. The molecule has 0 saturated carbocycles. The summed E-state index contributed by atoms with van der Waals surface area (Å²) in [6.07, 6.45) is 2.38. The van der Waals surface area contributed by atoms with Gasteiger partial charge in [-0.3, -0.25) is 0 Å². The highest BCUT2D eigenvalue weighted by atomic mass is 16.1. The molecule has 0 fully saturated rings. The Morgan fingerprint density at radius 1 is 1.00 bits per heavy atom. The molecule has 3 rings (SSSR count). The van der Waals surface area contributed by atoms with Gasteiger partial charge in [-0.05, 0) is 18.6 Å². The highest BCUT2D eigenvalue weighted by Gasteiger charge is 2.06. The van der Waals surface area contributed by atoms with Crippen LogP contribution < -0.4 is 5.32 Å². The standard InChI is InChI=1S/C19H18N2O/c22-13-7-6-12-20-19-14-18(15-8-2-1-3-9-15)21-17-11-5-4-10-16(17)19/h1-5,8-11,13-14H,6-7,12H2,(H,20,21). The highest BCUT2D eigenvalue weighted by Crippen LogP contribution is 2.28. The van der Waals surface area contributed by atoms with Gasteiger partial charge in [0.1, 0.15) is 6.29 Å². The number of benzene rings is 2. The van der Waals surface area contributed by atoms with E-state index in [0.29, 0.717) is 6.42 Å². The van der Waals surface area contributed by atoms with E-state index in [2.05, 4.69) is 29.6 Å². The Balaban J connectivity index is 1.99. The van der Waals surface area contributed by atoms with E-state index in [4.69, 9.17) is 4.98 Å². The number of nitrogens with zero attached hydrogens (tertiary/aromatic N) is 1. The molecule has 3 heteroatoms. The van der Waals surface area contributed by atoms with Crippen molar-refractivity contribution in [2.75, 3.05) is 11.9 Å². The van der Waals surface area contributed by atoms with Crippen LogP contribution in [0.4, 0.5) is 5.69 Å². The van der Waals surface area contributed by atoms with Crippen LogP contribution in [0, 0.1) is 0 Å². The topological polar surface area (TPSA) is 42.0 Å². The lowest BCUT2D eigenvalue weighted by Crippen LogP contribution is -2.03. The van der Waals surface area contributed by atoms with Crippen LogP contribution in [0.1, 0.15) is 12.8 Å². The minimum Gasteiger partial charge on any atom is -0.384 e. The normalized spacial score (nSPS) is 10.5. The van der Waals surface area contributed by atoms with Crippen LogP contribution >= 0.6 is 0 Å². The van der Waals surface area contributed by atoms with E-state index in [1.54, 1.807) is 0 Å². The number of hydrogen-bond donors (Lipinski definition) is 1. The van der Waals surface area contributed by atoms with Gasteiger partial charge in [0.25, 0.3) is 0 Å². The molecule has 0 atom stereocenters. The molecule has 0 amide bonds. The second kappa shape index (κ2) is 6.85. The van der Waals surface area contributed by atoms with Gasteiger partial charge in [-0.2, -0.15) is 0 Å². The van der Waals surface area contributed by atoms with Crippen LogP contribution in [-0.2, 0) is 4.79 Å². The third-order valence-electron chi connectivity index (χ3n) is 3.60. The van der Waals surface area contributed by atoms with Gasteiger partial charge in [-0.15, -0.1) is 0 Å². The Morgan fingerprint density at radius 2 is 1.77 bits per heavy atom. The number of aromatic nitrogens is 1. The molecule has 0 aliphatic carbocycles. The lowest BCUT2D eigenvalue weighted by Gasteiger charge is -2.11. The Morgan fingerprint density at radius 3 is 2.59 bits per heavy atom. The summed E-state index contributed by atoms with van der Waals surface area (Å²) in [5.74, 6) is 0. The number of fused-ring (bicyclic) bond motifs is 1. The van der Waals surface area contributed by atoms with Gasteiger partial charge in [-0.1, -0.05) is 48.5 Å². The first kappa shape index (κ1) is 14.3. The number of carbonyl (C=O) groups is 1. The van der Waals surface area contributed by atoms with E-state index in [9.17, 15) is 4.79 Å². The molecule has 3 nitrogen and oxygen atoms in total.